The molecule has 0 spiro atoms. The highest BCUT2D eigenvalue weighted by Crippen LogP contribution is 2.23. The van der Waals surface area contributed by atoms with Gasteiger partial charge in [-0.3, -0.25) is 9.79 Å². The van der Waals surface area contributed by atoms with Crippen LogP contribution >= 0.6 is 24.0 Å². The van der Waals surface area contributed by atoms with Crippen LogP contribution in [0.15, 0.2) is 4.99 Å². The van der Waals surface area contributed by atoms with E-state index in [2.05, 4.69) is 27.4 Å². The Hall–Kier alpha value is -0.610. The lowest BCUT2D eigenvalue weighted by atomic mass is 9.96. The number of guanidine groups is 1. The number of likely N-dealkylation sites (tertiary alicyclic amines) is 1. The second kappa shape index (κ2) is 12.0. The second-order valence-electron chi connectivity index (χ2n) is 7.48. The van der Waals surface area contributed by atoms with Gasteiger partial charge in [-0.05, 0) is 65.1 Å². The van der Waals surface area contributed by atoms with Gasteiger partial charge in [-0.1, -0.05) is 0 Å². The maximum atomic E-state index is 11.2. The molecule has 8 heteroatoms. The summed E-state index contributed by atoms with van der Waals surface area (Å²) in [5.41, 5.74) is 5.31. The summed E-state index contributed by atoms with van der Waals surface area (Å²) >= 11 is 0. The molecule has 4 N–H and O–H groups in total. The van der Waals surface area contributed by atoms with Gasteiger partial charge in [-0.15, -0.1) is 24.0 Å². The summed E-state index contributed by atoms with van der Waals surface area (Å²) in [4.78, 5) is 17.9. The van der Waals surface area contributed by atoms with Crippen LogP contribution in [0.3, 0.4) is 0 Å². The van der Waals surface area contributed by atoms with Crippen molar-refractivity contribution in [3.8, 4) is 0 Å². The Labute approximate surface area is 174 Å². The van der Waals surface area contributed by atoms with Crippen LogP contribution in [0, 0.1) is 5.92 Å². The molecule has 0 aromatic rings. The van der Waals surface area contributed by atoms with Crippen LogP contribution in [0.4, 0.5) is 0 Å². The highest BCUT2D eigenvalue weighted by atomic mass is 127. The van der Waals surface area contributed by atoms with E-state index in [0.717, 1.165) is 83.8 Å². The van der Waals surface area contributed by atoms with Crippen LogP contribution in [0.25, 0.3) is 0 Å². The van der Waals surface area contributed by atoms with Gasteiger partial charge >= 0.3 is 0 Å². The van der Waals surface area contributed by atoms with Crippen LogP contribution in [0.2, 0.25) is 0 Å². The number of amides is 1. The van der Waals surface area contributed by atoms with E-state index in [0.29, 0.717) is 0 Å². The summed E-state index contributed by atoms with van der Waals surface area (Å²) < 4.78 is 5.79. The van der Waals surface area contributed by atoms with E-state index in [-0.39, 0.29) is 41.4 Å². The first-order valence-corrected chi connectivity index (χ1v) is 9.62. The van der Waals surface area contributed by atoms with E-state index in [1.54, 1.807) is 7.05 Å². The lowest BCUT2D eigenvalue weighted by molar-refractivity contribution is -0.123. The lowest BCUT2D eigenvalue weighted by Gasteiger charge is -2.30. The van der Waals surface area contributed by atoms with Crippen LogP contribution in [0.5, 0.6) is 0 Å². The number of halogens is 1. The number of hydrogen-bond acceptors (Lipinski definition) is 4. The SMILES string of the molecule is CN=C(NCCCCN1CCC(C(N)=O)CC1)NCC1(C)CCCO1.I. The predicted molar refractivity (Wildman–Crippen MR) is 116 cm³/mol. The van der Waals surface area contributed by atoms with Gasteiger partial charge in [0.2, 0.25) is 5.91 Å². The molecule has 0 aromatic heterocycles. The lowest BCUT2D eigenvalue weighted by Crippen LogP contribution is -2.45. The number of aliphatic imine (C=N–C) groups is 1. The van der Waals surface area contributed by atoms with Crippen LogP contribution in [-0.4, -0.2) is 68.7 Å². The Morgan fingerprint density at radius 1 is 1.31 bits per heavy atom. The van der Waals surface area contributed by atoms with E-state index >= 15 is 0 Å². The average Bonchev–Trinajstić information content (AvgIpc) is 3.04. The molecule has 26 heavy (non-hydrogen) atoms. The Kier molecular flexibility index (Phi) is 10.8. The van der Waals surface area contributed by atoms with Crippen molar-refractivity contribution in [2.75, 3.05) is 46.4 Å². The number of nitrogens with zero attached hydrogens (tertiary/aromatic N) is 2. The number of hydrogen-bond donors (Lipinski definition) is 3. The normalized spacial score (nSPS) is 24.9. The average molecular weight is 481 g/mol. The van der Waals surface area contributed by atoms with Gasteiger partial charge in [0, 0.05) is 32.7 Å². The number of ether oxygens (including phenoxy) is 1. The van der Waals surface area contributed by atoms with Crippen molar-refractivity contribution < 1.29 is 9.53 Å². The summed E-state index contributed by atoms with van der Waals surface area (Å²) in [5, 5.41) is 6.74. The number of carbonyl (C=O) groups excluding carboxylic acids is 1. The van der Waals surface area contributed by atoms with Gasteiger partial charge in [0.05, 0.1) is 5.60 Å². The van der Waals surface area contributed by atoms with Crippen LogP contribution < -0.4 is 16.4 Å². The van der Waals surface area contributed by atoms with Gasteiger partial charge in [-0.2, -0.15) is 0 Å². The van der Waals surface area contributed by atoms with E-state index in [1.807, 2.05) is 0 Å². The molecule has 1 atom stereocenters. The van der Waals surface area contributed by atoms with Crippen molar-refractivity contribution in [3.63, 3.8) is 0 Å². The third kappa shape index (κ3) is 7.96. The maximum Gasteiger partial charge on any atom is 0.220 e. The van der Waals surface area contributed by atoms with Crippen molar-refractivity contribution >= 4 is 35.8 Å². The zero-order valence-corrected chi connectivity index (χ0v) is 18.6. The number of unbranched alkanes of at least 4 members (excludes halogenated alkanes) is 1. The molecule has 0 aliphatic carbocycles. The molecule has 0 aromatic carbocycles. The molecule has 1 amide bonds. The minimum atomic E-state index is -0.139. The highest BCUT2D eigenvalue weighted by molar-refractivity contribution is 14.0. The van der Waals surface area contributed by atoms with Gasteiger partial charge in [-0.25, -0.2) is 0 Å². The molecule has 2 rings (SSSR count). The number of carbonyl (C=O) groups is 1. The number of nitrogens with one attached hydrogen (secondary N) is 2. The number of rotatable bonds is 8. The van der Waals surface area contributed by atoms with Crippen LogP contribution in [-0.2, 0) is 9.53 Å². The maximum absolute atomic E-state index is 11.2. The van der Waals surface area contributed by atoms with E-state index in [1.165, 1.54) is 0 Å². The smallest absolute Gasteiger partial charge is 0.220 e. The molecule has 0 bridgehead atoms. The first-order chi connectivity index (χ1) is 12.0. The fourth-order valence-corrected chi connectivity index (χ4v) is 3.58. The number of primary amides is 1. The Bertz CT molecular complexity index is 447. The molecule has 2 aliphatic rings. The fraction of sp³-hybridized carbons (Fsp3) is 0.889. The number of piperidine rings is 1. The van der Waals surface area contributed by atoms with Crippen molar-refractivity contribution in [1.82, 2.24) is 15.5 Å². The van der Waals surface area contributed by atoms with Gasteiger partial charge in [0.25, 0.3) is 0 Å². The van der Waals surface area contributed by atoms with E-state index < -0.39 is 0 Å². The fourth-order valence-electron chi connectivity index (χ4n) is 3.58. The molecule has 1 unspecified atom stereocenters. The molecule has 2 fully saturated rings. The van der Waals surface area contributed by atoms with Crippen molar-refractivity contribution in [2.24, 2.45) is 16.6 Å². The zero-order valence-electron chi connectivity index (χ0n) is 16.3. The first kappa shape index (κ1) is 23.4. The topological polar surface area (TPSA) is 92.0 Å². The van der Waals surface area contributed by atoms with Crippen molar-refractivity contribution in [1.29, 1.82) is 0 Å². The third-order valence-corrected chi connectivity index (χ3v) is 5.34. The molecular weight excluding hydrogens is 445 g/mol. The van der Waals surface area contributed by atoms with Gasteiger partial charge in [0.1, 0.15) is 0 Å². The number of nitrogens with two attached hydrogens (primary N) is 1. The van der Waals surface area contributed by atoms with Gasteiger partial charge < -0.3 is 26.0 Å². The monoisotopic (exact) mass is 481 g/mol. The van der Waals surface area contributed by atoms with Crippen molar-refractivity contribution in [2.45, 2.75) is 51.0 Å². The minimum absolute atomic E-state index is 0. The Balaban J connectivity index is 0.00000338. The van der Waals surface area contributed by atoms with Crippen LogP contribution in [0.1, 0.15) is 45.4 Å². The van der Waals surface area contributed by atoms with Crippen molar-refractivity contribution in [3.05, 3.63) is 0 Å². The zero-order chi connectivity index (χ0) is 18.1. The van der Waals surface area contributed by atoms with Gasteiger partial charge in [0.15, 0.2) is 5.96 Å². The summed E-state index contributed by atoms with van der Waals surface area (Å²) in [5.74, 6) is 0.789. The molecule has 0 radical (unpaired) electrons. The summed E-state index contributed by atoms with van der Waals surface area (Å²) in [6, 6.07) is 0. The molecule has 152 valence electrons. The quantitative estimate of drug-likeness (QED) is 0.211. The summed E-state index contributed by atoms with van der Waals surface area (Å²) in [6.07, 6.45) is 6.30. The molecule has 2 aliphatic heterocycles. The van der Waals surface area contributed by atoms with E-state index in [9.17, 15) is 4.79 Å². The molecule has 2 saturated heterocycles. The third-order valence-electron chi connectivity index (χ3n) is 5.34. The molecular formula is C18H36IN5O2. The summed E-state index contributed by atoms with van der Waals surface area (Å²) in [6.45, 7) is 7.79. The summed E-state index contributed by atoms with van der Waals surface area (Å²) in [7, 11) is 1.80. The molecule has 7 nitrogen and oxygen atoms in total. The Morgan fingerprint density at radius 2 is 2.04 bits per heavy atom. The second-order valence-corrected chi connectivity index (χ2v) is 7.48. The largest absolute Gasteiger partial charge is 0.373 e. The Morgan fingerprint density at radius 3 is 2.62 bits per heavy atom. The minimum Gasteiger partial charge on any atom is -0.373 e. The predicted octanol–water partition coefficient (Wildman–Crippen LogP) is 1.32. The van der Waals surface area contributed by atoms with E-state index in [4.69, 9.17) is 10.5 Å². The first-order valence-electron chi connectivity index (χ1n) is 9.62. The highest BCUT2D eigenvalue weighted by Gasteiger charge is 2.29. The standard InChI is InChI=1S/C18H35N5O2.HI/c1-18(8-5-13-25-18)14-22-17(20-2)21-9-3-4-10-23-11-6-15(7-12-23)16(19)24;/h15H,3-14H2,1-2H3,(H2,19,24)(H2,20,21,22);1H. The molecule has 2 heterocycles. The molecule has 0 saturated carbocycles.